The van der Waals surface area contributed by atoms with E-state index in [1.54, 1.807) is 0 Å². The highest BCUT2D eigenvalue weighted by Gasteiger charge is 2.35. The van der Waals surface area contributed by atoms with Crippen LogP contribution in [0.1, 0.15) is 13.3 Å². The molecule has 17 heavy (non-hydrogen) atoms. The number of nitrogens with zero attached hydrogens (tertiary/aromatic N) is 1. The van der Waals surface area contributed by atoms with Gasteiger partial charge in [0.05, 0.1) is 18.8 Å². The number of ether oxygens (including phenoxy) is 1. The topological polar surface area (TPSA) is 65.6 Å². The predicted octanol–water partition coefficient (Wildman–Crippen LogP) is -1.06. The molecule has 2 aliphatic heterocycles. The predicted molar refractivity (Wildman–Crippen MR) is 59.5 cm³/mol. The van der Waals surface area contributed by atoms with Gasteiger partial charge in [-0.25, -0.2) is 15.2 Å². The summed E-state index contributed by atoms with van der Waals surface area (Å²) in [6.45, 7) is 2.53. The van der Waals surface area contributed by atoms with Crippen LogP contribution in [-0.2, 0) is 9.53 Å². The van der Waals surface area contributed by atoms with E-state index in [-0.39, 0.29) is 24.7 Å². The lowest BCUT2D eigenvalue weighted by atomic mass is 10.1. The SMILES string of the molecule is CO[C@H]1CCN(C(=O)C2NNC(C)N2)C[C@H]1F. The average Bonchev–Trinajstić information content (AvgIpc) is 2.75. The molecule has 0 bridgehead atoms. The van der Waals surface area contributed by atoms with Crippen molar-refractivity contribution in [1.29, 1.82) is 0 Å². The molecule has 0 aromatic heterocycles. The third-order valence-electron chi connectivity index (χ3n) is 3.20. The fourth-order valence-electron chi connectivity index (χ4n) is 2.21. The van der Waals surface area contributed by atoms with E-state index < -0.39 is 12.3 Å². The van der Waals surface area contributed by atoms with Gasteiger partial charge in [-0.05, 0) is 13.3 Å². The number of rotatable bonds is 2. The third kappa shape index (κ3) is 2.74. The maximum atomic E-state index is 13.6. The van der Waals surface area contributed by atoms with E-state index in [0.29, 0.717) is 13.0 Å². The minimum atomic E-state index is -1.11. The van der Waals surface area contributed by atoms with Gasteiger partial charge in [0.15, 0.2) is 6.17 Å². The molecule has 2 rings (SSSR count). The maximum Gasteiger partial charge on any atom is 0.255 e. The molecule has 4 atom stereocenters. The minimum absolute atomic E-state index is 0.0293. The van der Waals surface area contributed by atoms with E-state index in [9.17, 15) is 9.18 Å². The molecule has 3 N–H and O–H groups in total. The number of carbonyl (C=O) groups is 1. The zero-order valence-corrected chi connectivity index (χ0v) is 10.1. The van der Waals surface area contributed by atoms with Crippen LogP contribution in [0.25, 0.3) is 0 Å². The highest BCUT2D eigenvalue weighted by Crippen LogP contribution is 2.17. The van der Waals surface area contributed by atoms with Crippen LogP contribution >= 0.6 is 0 Å². The van der Waals surface area contributed by atoms with Crippen molar-refractivity contribution in [2.24, 2.45) is 0 Å². The van der Waals surface area contributed by atoms with Gasteiger partial charge in [-0.3, -0.25) is 10.1 Å². The van der Waals surface area contributed by atoms with Crippen molar-refractivity contribution in [3.05, 3.63) is 0 Å². The fraction of sp³-hybridized carbons (Fsp3) is 0.900. The van der Waals surface area contributed by atoms with Crippen LogP contribution in [0.2, 0.25) is 0 Å². The molecule has 0 aromatic rings. The number of alkyl halides is 1. The Hall–Kier alpha value is -0.760. The van der Waals surface area contributed by atoms with Crippen LogP contribution in [0, 0.1) is 0 Å². The van der Waals surface area contributed by atoms with Crippen molar-refractivity contribution in [3.63, 3.8) is 0 Å². The Bertz CT molecular complexity index is 291. The second-order valence-electron chi connectivity index (χ2n) is 4.47. The van der Waals surface area contributed by atoms with Gasteiger partial charge in [0, 0.05) is 13.7 Å². The Labute approximate surface area is 99.8 Å². The highest BCUT2D eigenvalue weighted by atomic mass is 19.1. The summed E-state index contributed by atoms with van der Waals surface area (Å²) in [5, 5.41) is 3.02. The molecule has 2 unspecified atom stereocenters. The van der Waals surface area contributed by atoms with Gasteiger partial charge in [0.1, 0.15) is 6.17 Å². The van der Waals surface area contributed by atoms with Crippen LogP contribution in [0.15, 0.2) is 0 Å². The van der Waals surface area contributed by atoms with Crippen LogP contribution in [0.4, 0.5) is 4.39 Å². The van der Waals surface area contributed by atoms with Gasteiger partial charge in [0.25, 0.3) is 5.91 Å². The smallest absolute Gasteiger partial charge is 0.255 e. The summed E-state index contributed by atoms with van der Waals surface area (Å²) in [5.41, 5.74) is 5.73. The van der Waals surface area contributed by atoms with Gasteiger partial charge < -0.3 is 9.64 Å². The van der Waals surface area contributed by atoms with Gasteiger partial charge in [-0.1, -0.05) is 0 Å². The lowest BCUT2D eigenvalue weighted by molar-refractivity contribution is -0.138. The summed E-state index contributed by atoms with van der Waals surface area (Å²) >= 11 is 0. The summed E-state index contributed by atoms with van der Waals surface area (Å²) < 4.78 is 18.7. The van der Waals surface area contributed by atoms with Crippen molar-refractivity contribution in [2.75, 3.05) is 20.2 Å². The first-order chi connectivity index (χ1) is 8.11. The molecule has 0 saturated carbocycles. The van der Waals surface area contributed by atoms with Crippen LogP contribution < -0.4 is 16.2 Å². The van der Waals surface area contributed by atoms with Crippen molar-refractivity contribution in [3.8, 4) is 0 Å². The van der Waals surface area contributed by atoms with Crippen molar-refractivity contribution in [1.82, 2.24) is 21.1 Å². The highest BCUT2D eigenvalue weighted by molar-refractivity contribution is 5.81. The number of amides is 1. The van der Waals surface area contributed by atoms with Crippen molar-refractivity contribution in [2.45, 2.75) is 38.0 Å². The molecule has 6 nitrogen and oxygen atoms in total. The van der Waals surface area contributed by atoms with Crippen molar-refractivity contribution >= 4 is 5.91 Å². The fourth-order valence-corrected chi connectivity index (χ4v) is 2.21. The van der Waals surface area contributed by atoms with E-state index in [1.165, 1.54) is 12.0 Å². The molecule has 98 valence electrons. The molecule has 0 spiro atoms. The lowest BCUT2D eigenvalue weighted by Gasteiger charge is -2.35. The molecule has 7 heteroatoms. The number of carbonyl (C=O) groups excluding carboxylic acids is 1. The standard InChI is InChI=1S/C10H19FN4O2/c1-6-12-9(14-13-6)10(16)15-4-3-8(17-2)7(11)5-15/h6-9,12-14H,3-5H2,1-2H3/t6?,7-,8+,9?/m1/s1. The zero-order valence-electron chi connectivity index (χ0n) is 10.1. The normalized spacial score (nSPS) is 38.4. The van der Waals surface area contributed by atoms with E-state index >= 15 is 0 Å². The molecule has 2 heterocycles. The number of nitrogens with one attached hydrogen (secondary N) is 3. The van der Waals surface area contributed by atoms with E-state index in [2.05, 4.69) is 16.2 Å². The second kappa shape index (κ2) is 5.26. The number of piperidine rings is 1. The zero-order chi connectivity index (χ0) is 12.4. The van der Waals surface area contributed by atoms with E-state index in [0.717, 1.165) is 0 Å². The molecule has 2 aliphatic rings. The number of hydrogen-bond acceptors (Lipinski definition) is 5. The van der Waals surface area contributed by atoms with Crippen molar-refractivity contribution < 1.29 is 13.9 Å². The van der Waals surface area contributed by atoms with E-state index in [1.807, 2.05) is 6.92 Å². The Morgan fingerprint density at radius 2 is 2.24 bits per heavy atom. The van der Waals surface area contributed by atoms with Crippen LogP contribution in [-0.4, -0.2) is 55.6 Å². The van der Waals surface area contributed by atoms with Crippen LogP contribution in [0.3, 0.4) is 0 Å². The van der Waals surface area contributed by atoms with E-state index in [4.69, 9.17) is 4.74 Å². The molecular weight excluding hydrogens is 227 g/mol. The average molecular weight is 246 g/mol. The van der Waals surface area contributed by atoms with Gasteiger partial charge >= 0.3 is 0 Å². The number of halogens is 1. The first-order valence-electron chi connectivity index (χ1n) is 5.84. The largest absolute Gasteiger partial charge is 0.378 e. The molecule has 1 amide bonds. The van der Waals surface area contributed by atoms with Gasteiger partial charge in [-0.2, -0.15) is 0 Å². The summed E-state index contributed by atoms with van der Waals surface area (Å²) in [6, 6.07) is 0. The number of hydrazine groups is 1. The molecular formula is C10H19FN4O2. The molecule has 2 saturated heterocycles. The van der Waals surface area contributed by atoms with Crippen LogP contribution in [0.5, 0.6) is 0 Å². The Morgan fingerprint density at radius 1 is 1.47 bits per heavy atom. The molecule has 0 radical (unpaired) electrons. The summed E-state index contributed by atoms with van der Waals surface area (Å²) in [4.78, 5) is 13.6. The molecule has 2 fully saturated rings. The Kier molecular flexibility index (Phi) is 3.93. The summed E-state index contributed by atoms with van der Waals surface area (Å²) in [6.07, 6.45) is -1.40. The maximum absolute atomic E-state index is 13.6. The van der Waals surface area contributed by atoms with Gasteiger partial charge in [0.2, 0.25) is 0 Å². The lowest BCUT2D eigenvalue weighted by Crippen LogP contribution is -2.55. The number of methoxy groups -OCH3 is 1. The minimum Gasteiger partial charge on any atom is -0.378 e. The number of hydrogen-bond donors (Lipinski definition) is 3. The summed E-state index contributed by atoms with van der Waals surface area (Å²) in [7, 11) is 1.50. The summed E-state index contributed by atoms with van der Waals surface area (Å²) in [5.74, 6) is -0.126. The second-order valence-corrected chi connectivity index (χ2v) is 4.47. The Balaban J connectivity index is 1.89. The molecule has 0 aliphatic carbocycles. The third-order valence-corrected chi connectivity index (χ3v) is 3.20. The first kappa shape index (κ1) is 12.7. The first-order valence-corrected chi connectivity index (χ1v) is 5.84. The number of likely N-dealkylation sites (tertiary alicyclic amines) is 1. The quantitative estimate of drug-likeness (QED) is 0.580. The monoisotopic (exact) mass is 246 g/mol. The molecule has 0 aromatic carbocycles. The van der Waals surface area contributed by atoms with Gasteiger partial charge in [-0.15, -0.1) is 0 Å². The Morgan fingerprint density at radius 3 is 2.76 bits per heavy atom.